The summed E-state index contributed by atoms with van der Waals surface area (Å²) in [6.45, 7) is 3.69. The number of nitriles is 1. The van der Waals surface area contributed by atoms with E-state index >= 15 is 0 Å². The van der Waals surface area contributed by atoms with Gasteiger partial charge in [-0.3, -0.25) is 10.1 Å². The average molecular weight is 253 g/mol. The fourth-order valence-electron chi connectivity index (χ4n) is 1.13. The molecule has 98 valence electrons. The lowest BCUT2D eigenvalue weighted by Gasteiger charge is -2.25. The first-order valence-corrected chi connectivity index (χ1v) is 5.28. The predicted molar refractivity (Wildman–Crippen MR) is 62.4 cm³/mol. The van der Waals surface area contributed by atoms with E-state index in [0.717, 1.165) is 6.08 Å². The van der Waals surface area contributed by atoms with Crippen LogP contribution in [0.15, 0.2) is 12.2 Å². The molecule has 7 heteroatoms. The molecule has 0 heterocycles. The lowest BCUT2D eigenvalue weighted by Crippen LogP contribution is -2.46. The maximum Gasteiger partial charge on any atom is 0.328 e. The second-order valence-corrected chi connectivity index (χ2v) is 3.66. The molecule has 18 heavy (non-hydrogen) atoms. The van der Waals surface area contributed by atoms with Gasteiger partial charge in [0.2, 0.25) is 0 Å². The second-order valence-electron chi connectivity index (χ2n) is 3.66. The zero-order valence-electron chi connectivity index (χ0n) is 10.2. The quantitative estimate of drug-likeness (QED) is 0.692. The lowest BCUT2D eigenvalue weighted by molar-refractivity contribution is -0.131. The molecule has 0 aliphatic carbocycles. The molecule has 7 nitrogen and oxygen atoms in total. The van der Waals surface area contributed by atoms with E-state index in [1.807, 2.05) is 11.4 Å². The molecule has 0 bridgehead atoms. The third-order valence-electron chi connectivity index (χ3n) is 1.96. The zero-order chi connectivity index (χ0) is 14.1. The van der Waals surface area contributed by atoms with Crippen molar-refractivity contribution in [1.82, 2.24) is 10.2 Å². The summed E-state index contributed by atoms with van der Waals surface area (Å²) in [5.74, 6) is -2.09. The summed E-state index contributed by atoms with van der Waals surface area (Å²) in [6.07, 6.45) is 1.55. The van der Waals surface area contributed by atoms with Gasteiger partial charge in [-0.2, -0.15) is 5.26 Å². The van der Waals surface area contributed by atoms with Crippen LogP contribution >= 0.6 is 0 Å². The maximum absolute atomic E-state index is 11.6. The standard InChI is InChI=1S/C11H15N3O4/c1-8(2)14(7-3-6-12)11(18)13-9(15)4-5-10(16)17/h4-5,8H,3,7H2,1-2H3,(H,16,17)(H,13,15,18). The van der Waals surface area contributed by atoms with Crippen LogP contribution in [0.1, 0.15) is 20.3 Å². The summed E-state index contributed by atoms with van der Waals surface area (Å²) in [5, 5.41) is 18.8. The van der Waals surface area contributed by atoms with E-state index in [2.05, 4.69) is 0 Å². The molecule has 0 aliphatic rings. The van der Waals surface area contributed by atoms with Crippen LogP contribution in [0, 0.1) is 11.3 Å². The van der Waals surface area contributed by atoms with Gasteiger partial charge in [0.05, 0.1) is 12.5 Å². The van der Waals surface area contributed by atoms with Crippen molar-refractivity contribution < 1.29 is 19.5 Å². The first-order chi connectivity index (χ1) is 8.38. The molecule has 0 aromatic rings. The molecule has 0 fully saturated rings. The van der Waals surface area contributed by atoms with E-state index in [0.29, 0.717) is 6.08 Å². The Balaban J connectivity index is 4.47. The lowest BCUT2D eigenvalue weighted by atomic mass is 10.3. The van der Waals surface area contributed by atoms with Crippen molar-refractivity contribution in [3.05, 3.63) is 12.2 Å². The van der Waals surface area contributed by atoms with E-state index < -0.39 is 17.9 Å². The van der Waals surface area contributed by atoms with Gasteiger partial charge in [-0.1, -0.05) is 0 Å². The van der Waals surface area contributed by atoms with Gasteiger partial charge in [-0.15, -0.1) is 0 Å². The van der Waals surface area contributed by atoms with Gasteiger partial charge in [0.15, 0.2) is 0 Å². The van der Waals surface area contributed by atoms with Crippen LogP contribution in [-0.2, 0) is 9.59 Å². The normalized spacial score (nSPS) is 10.1. The van der Waals surface area contributed by atoms with Crippen LogP contribution in [-0.4, -0.2) is 40.5 Å². The number of amides is 3. The minimum atomic E-state index is -1.28. The molecular weight excluding hydrogens is 238 g/mol. The Kier molecular flexibility index (Phi) is 6.81. The first kappa shape index (κ1) is 15.6. The third-order valence-corrected chi connectivity index (χ3v) is 1.96. The molecule has 0 saturated heterocycles. The van der Waals surface area contributed by atoms with Crippen molar-refractivity contribution in [2.75, 3.05) is 6.54 Å². The number of carbonyl (C=O) groups is 3. The highest BCUT2D eigenvalue weighted by Gasteiger charge is 2.17. The number of hydrogen-bond acceptors (Lipinski definition) is 4. The number of urea groups is 1. The summed E-state index contributed by atoms with van der Waals surface area (Å²) in [6, 6.07) is 1.08. The SMILES string of the molecule is CC(C)N(CCC#N)C(=O)NC(=O)C=CC(=O)O. The van der Waals surface area contributed by atoms with Gasteiger partial charge in [0.1, 0.15) is 0 Å². The number of rotatable bonds is 5. The molecule has 0 aliphatic heterocycles. The Morgan fingerprint density at radius 1 is 1.39 bits per heavy atom. The van der Waals surface area contributed by atoms with Crippen LogP contribution in [0.3, 0.4) is 0 Å². The molecule has 0 aromatic heterocycles. The molecule has 0 saturated carbocycles. The molecule has 0 spiro atoms. The topological polar surface area (TPSA) is 111 Å². The molecule has 0 radical (unpaired) electrons. The summed E-state index contributed by atoms with van der Waals surface area (Å²) < 4.78 is 0. The Bertz CT molecular complexity index is 396. The van der Waals surface area contributed by atoms with Crippen molar-refractivity contribution in [1.29, 1.82) is 5.26 Å². The summed E-state index contributed by atoms with van der Waals surface area (Å²) in [4.78, 5) is 34.3. The van der Waals surface area contributed by atoms with Gasteiger partial charge in [-0.05, 0) is 13.8 Å². The largest absolute Gasteiger partial charge is 0.478 e. The predicted octanol–water partition coefficient (Wildman–Crippen LogP) is 0.487. The monoisotopic (exact) mass is 253 g/mol. The molecule has 0 aromatic carbocycles. The number of aliphatic carboxylic acids is 1. The fourth-order valence-corrected chi connectivity index (χ4v) is 1.13. The van der Waals surface area contributed by atoms with E-state index in [1.54, 1.807) is 13.8 Å². The molecule has 0 unspecified atom stereocenters. The van der Waals surface area contributed by atoms with Crippen LogP contribution in [0.2, 0.25) is 0 Å². The Hall–Kier alpha value is -2.36. The summed E-state index contributed by atoms with van der Waals surface area (Å²) in [7, 11) is 0. The number of nitrogens with zero attached hydrogens (tertiary/aromatic N) is 2. The summed E-state index contributed by atoms with van der Waals surface area (Å²) in [5.41, 5.74) is 0. The molecule has 2 N–H and O–H groups in total. The molecule has 0 rings (SSSR count). The smallest absolute Gasteiger partial charge is 0.328 e. The number of carboxylic acids is 1. The van der Waals surface area contributed by atoms with Crippen molar-refractivity contribution in [2.24, 2.45) is 0 Å². The highest BCUT2D eigenvalue weighted by Crippen LogP contribution is 2.00. The minimum absolute atomic E-state index is 0.157. The van der Waals surface area contributed by atoms with Crippen molar-refractivity contribution in [2.45, 2.75) is 26.3 Å². The first-order valence-electron chi connectivity index (χ1n) is 5.28. The average Bonchev–Trinajstić information content (AvgIpc) is 2.26. The molecule has 0 atom stereocenters. The molecular formula is C11H15N3O4. The van der Waals surface area contributed by atoms with Gasteiger partial charge >= 0.3 is 12.0 Å². The van der Waals surface area contributed by atoms with Gasteiger partial charge < -0.3 is 10.0 Å². The van der Waals surface area contributed by atoms with Gasteiger partial charge in [0, 0.05) is 24.7 Å². The van der Waals surface area contributed by atoms with Gasteiger partial charge in [-0.25, -0.2) is 9.59 Å². The Labute approximate surface area is 105 Å². The van der Waals surface area contributed by atoms with E-state index in [9.17, 15) is 14.4 Å². The number of carboxylic acid groups (broad SMARTS) is 1. The van der Waals surface area contributed by atoms with Crippen molar-refractivity contribution in [3.8, 4) is 6.07 Å². The molecule has 3 amide bonds. The van der Waals surface area contributed by atoms with E-state index in [1.165, 1.54) is 4.90 Å². The fraction of sp³-hybridized carbons (Fsp3) is 0.455. The highest BCUT2D eigenvalue weighted by molar-refractivity contribution is 6.02. The number of nitrogens with one attached hydrogen (secondary N) is 1. The van der Waals surface area contributed by atoms with Crippen LogP contribution in [0.25, 0.3) is 0 Å². The van der Waals surface area contributed by atoms with Crippen molar-refractivity contribution >= 4 is 17.9 Å². The number of hydrogen-bond donors (Lipinski definition) is 2. The zero-order valence-corrected chi connectivity index (χ0v) is 10.2. The van der Waals surface area contributed by atoms with Crippen LogP contribution < -0.4 is 5.32 Å². The van der Waals surface area contributed by atoms with E-state index in [4.69, 9.17) is 10.4 Å². The Morgan fingerprint density at radius 3 is 2.44 bits per heavy atom. The van der Waals surface area contributed by atoms with Crippen molar-refractivity contribution in [3.63, 3.8) is 0 Å². The number of carbonyl (C=O) groups excluding carboxylic acids is 2. The van der Waals surface area contributed by atoms with Crippen LogP contribution in [0.5, 0.6) is 0 Å². The number of imide groups is 1. The van der Waals surface area contributed by atoms with Gasteiger partial charge in [0.25, 0.3) is 5.91 Å². The minimum Gasteiger partial charge on any atom is -0.478 e. The second kappa shape index (κ2) is 7.84. The van der Waals surface area contributed by atoms with E-state index in [-0.39, 0.29) is 19.0 Å². The third kappa shape index (κ3) is 6.27. The summed E-state index contributed by atoms with van der Waals surface area (Å²) >= 11 is 0. The Morgan fingerprint density at radius 2 is 2.00 bits per heavy atom. The maximum atomic E-state index is 11.6. The highest BCUT2D eigenvalue weighted by atomic mass is 16.4. The van der Waals surface area contributed by atoms with Crippen LogP contribution in [0.4, 0.5) is 4.79 Å².